The molecule has 0 saturated carbocycles. The van der Waals surface area contributed by atoms with E-state index in [4.69, 9.17) is 0 Å². The largest absolute Gasteiger partial charge is 0.508 e. The molecule has 0 aliphatic carbocycles. The number of nitrogens with one attached hydrogen (secondary N) is 2. The van der Waals surface area contributed by atoms with Gasteiger partial charge in [0.1, 0.15) is 5.75 Å². The van der Waals surface area contributed by atoms with Gasteiger partial charge in [0.15, 0.2) is 0 Å². The highest BCUT2D eigenvalue weighted by atomic mass is 16.3. The number of rotatable bonds is 2. The number of fused-ring (bicyclic) bond motifs is 1. The van der Waals surface area contributed by atoms with E-state index in [2.05, 4.69) is 24.5 Å². The minimum absolute atomic E-state index is 0.157. The van der Waals surface area contributed by atoms with Crippen LogP contribution < -0.4 is 10.6 Å². The number of hydrogen-bond acceptors (Lipinski definition) is 3. The predicted octanol–water partition coefficient (Wildman–Crippen LogP) is 2.79. The van der Waals surface area contributed by atoms with Crippen molar-refractivity contribution in [3.63, 3.8) is 0 Å². The van der Waals surface area contributed by atoms with Crippen molar-refractivity contribution in [3.8, 4) is 5.75 Å². The average Bonchev–Trinajstić information content (AvgIpc) is 2.28. The summed E-state index contributed by atoms with van der Waals surface area (Å²) in [6.07, 6.45) is 2.19. The third-order valence-corrected chi connectivity index (χ3v) is 3.37. The summed E-state index contributed by atoms with van der Waals surface area (Å²) in [4.78, 5) is 0. The molecule has 0 spiro atoms. The van der Waals surface area contributed by atoms with E-state index in [-0.39, 0.29) is 5.54 Å². The Morgan fingerprint density at radius 1 is 1.27 bits per heavy atom. The predicted molar refractivity (Wildman–Crippen MR) is 63.5 cm³/mol. The van der Waals surface area contributed by atoms with Gasteiger partial charge in [-0.05, 0) is 25.0 Å². The van der Waals surface area contributed by atoms with Crippen LogP contribution in [-0.2, 0) is 0 Å². The molecule has 3 nitrogen and oxygen atoms in total. The fourth-order valence-corrected chi connectivity index (χ4v) is 2.06. The minimum atomic E-state index is 0.157. The highest BCUT2D eigenvalue weighted by molar-refractivity contribution is 5.73. The van der Waals surface area contributed by atoms with Crippen LogP contribution in [0.4, 0.5) is 11.4 Å². The fourth-order valence-electron chi connectivity index (χ4n) is 2.06. The van der Waals surface area contributed by atoms with Gasteiger partial charge >= 0.3 is 0 Å². The lowest BCUT2D eigenvalue weighted by atomic mass is 9.90. The van der Waals surface area contributed by atoms with Crippen molar-refractivity contribution in [1.29, 1.82) is 0 Å². The molecule has 0 atom stereocenters. The van der Waals surface area contributed by atoms with Gasteiger partial charge in [0.2, 0.25) is 0 Å². The van der Waals surface area contributed by atoms with E-state index >= 15 is 0 Å². The van der Waals surface area contributed by atoms with Gasteiger partial charge in [0.05, 0.1) is 16.9 Å². The van der Waals surface area contributed by atoms with Crippen molar-refractivity contribution < 1.29 is 5.11 Å². The van der Waals surface area contributed by atoms with Crippen LogP contribution in [0.25, 0.3) is 0 Å². The zero-order valence-electron chi connectivity index (χ0n) is 9.30. The Balaban J connectivity index is 2.30. The van der Waals surface area contributed by atoms with E-state index in [1.165, 1.54) is 0 Å². The van der Waals surface area contributed by atoms with E-state index < -0.39 is 0 Å². The first-order valence-electron chi connectivity index (χ1n) is 5.54. The SMILES string of the molecule is CCC1(CC)CNc2cc(O)ccc2N1. The van der Waals surface area contributed by atoms with Crippen molar-refractivity contribution in [2.75, 3.05) is 17.2 Å². The quantitative estimate of drug-likeness (QED) is 0.652. The molecular formula is C12H18N2O. The Labute approximate surface area is 90.5 Å². The molecule has 0 unspecified atom stereocenters. The van der Waals surface area contributed by atoms with Gasteiger partial charge in [-0.25, -0.2) is 0 Å². The summed E-state index contributed by atoms with van der Waals surface area (Å²) < 4.78 is 0. The molecule has 0 aromatic heterocycles. The Hall–Kier alpha value is -1.38. The van der Waals surface area contributed by atoms with E-state index in [1.54, 1.807) is 12.1 Å². The zero-order valence-corrected chi connectivity index (χ0v) is 9.30. The van der Waals surface area contributed by atoms with Gasteiger partial charge in [0.25, 0.3) is 0 Å². The number of benzene rings is 1. The number of phenols is 1. The Kier molecular flexibility index (Phi) is 2.47. The van der Waals surface area contributed by atoms with Crippen LogP contribution in [0.15, 0.2) is 18.2 Å². The molecule has 0 radical (unpaired) electrons. The maximum absolute atomic E-state index is 9.36. The van der Waals surface area contributed by atoms with E-state index in [1.807, 2.05) is 6.07 Å². The monoisotopic (exact) mass is 206 g/mol. The van der Waals surface area contributed by atoms with Crippen molar-refractivity contribution in [2.24, 2.45) is 0 Å². The van der Waals surface area contributed by atoms with Crippen LogP contribution >= 0.6 is 0 Å². The lowest BCUT2D eigenvalue weighted by Crippen LogP contribution is -2.46. The van der Waals surface area contributed by atoms with Gasteiger partial charge in [-0.2, -0.15) is 0 Å². The van der Waals surface area contributed by atoms with E-state index in [0.29, 0.717) is 5.75 Å². The molecule has 1 aromatic carbocycles. The summed E-state index contributed by atoms with van der Waals surface area (Å²) in [5, 5.41) is 16.3. The van der Waals surface area contributed by atoms with Crippen LogP contribution in [0, 0.1) is 0 Å². The standard InChI is InChI=1S/C12H18N2O/c1-3-12(4-2)8-13-11-7-9(15)5-6-10(11)14-12/h5-7,13-15H,3-4,8H2,1-2H3. The van der Waals surface area contributed by atoms with Gasteiger partial charge in [0, 0.05) is 12.6 Å². The van der Waals surface area contributed by atoms with Crippen LogP contribution in [0.3, 0.4) is 0 Å². The number of hydrogen-bond donors (Lipinski definition) is 3. The molecule has 0 fully saturated rings. The van der Waals surface area contributed by atoms with Crippen molar-refractivity contribution >= 4 is 11.4 Å². The van der Waals surface area contributed by atoms with Crippen LogP contribution in [0.5, 0.6) is 5.75 Å². The second-order valence-corrected chi connectivity index (χ2v) is 4.20. The van der Waals surface area contributed by atoms with E-state index in [0.717, 1.165) is 30.8 Å². The highest BCUT2D eigenvalue weighted by Gasteiger charge is 2.30. The van der Waals surface area contributed by atoms with Crippen LogP contribution in [-0.4, -0.2) is 17.2 Å². The van der Waals surface area contributed by atoms with Crippen molar-refractivity contribution in [1.82, 2.24) is 0 Å². The van der Waals surface area contributed by atoms with Crippen molar-refractivity contribution in [2.45, 2.75) is 32.2 Å². The minimum Gasteiger partial charge on any atom is -0.508 e. The maximum atomic E-state index is 9.36. The maximum Gasteiger partial charge on any atom is 0.117 e. The molecular weight excluding hydrogens is 188 g/mol. The Morgan fingerprint density at radius 3 is 2.67 bits per heavy atom. The molecule has 0 amide bonds. The summed E-state index contributed by atoms with van der Waals surface area (Å²) in [5.41, 5.74) is 2.24. The Bertz CT molecular complexity index is 359. The summed E-state index contributed by atoms with van der Waals surface area (Å²) in [5.74, 6) is 0.309. The summed E-state index contributed by atoms with van der Waals surface area (Å²) in [6, 6.07) is 5.41. The molecule has 0 saturated heterocycles. The molecule has 0 bridgehead atoms. The molecule has 3 N–H and O–H groups in total. The topological polar surface area (TPSA) is 44.3 Å². The second kappa shape index (κ2) is 3.65. The number of anilines is 2. The van der Waals surface area contributed by atoms with Crippen LogP contribution in [0.2, 0.25) is 0 Å². The first-order valence-corrected chi connectivity index (χ1v) is 5.54. The molecule has 15 heavy (non-hydrogen) atoms. The third-order valence-electron chi connectivity index (χ3n) is 3.37. The molecule has 1 aliphatic rings. The smallest absolute Gasteiger partial charge is 0.117 e. The summed E-state index contributed by atoms with van der Waals surface area (Å²) >= 11 is 0. The molecule has 2 rings (SSSR count). The highest BCUT2D eigenvalue weighted by Crippen LogP contribution is 2.35. The summed E-state index contributed by atoms with van der Waals surface area (Å²) in [6.45, 7) is 5.31. The average molecular weight is 206 g/mol. The molecule has 1 aromatic rings. The van der Waals surface area contributed by atoms with E-state index in [9.17, 15) is 5.11 Å². The normalized spacial score (nSPS) is 17.5. The fraction of sp³-hybridized carbons (Fsp3) is 0.500. The van der Waals surface area contributed by atoms with Crippen molar-refractivity contribution in [3.05, 3.63) is 18.2 Å². The third kappa shape index (κ3) is 1.74. The van der Waals surface area contributed by atoms with Gasteiger partial charge in [-0.1, -0.05) is 13.8 Å². The zero-order chi connectivity index (χ0) is 10.9. The van der Waals surface area contributed by atoms with Crippen LogP contribution in [0.1, 0.15) is 26.7 Å². The van der Waals surface area contributed by atoms with Gasteiger partial charge in [-0.15, -0.1) is 0 Å². The molecule has 82 valence electrons. The van der Waals surface area contributed by atoms with Gasteiger partial charge in [-0.3, -0.25) is 0 Å². The first kappa shape index (κ1) is 10.1. The van der Waals surface area contributed by atoms with Gasteiger partial charge < -0.3 is 15.7 Å². The lowest BCUT2D eigenvalue weighted by molar-refractivity contribution is 0.449. The second-order valence-electron chi connectivity index (χ2n) is 4.20. The molecule has 3 heteroatoms. The Morgan fingerprint density at radius 2 is 2.00 bits per heavy atom. The summed E-state index contributed by atoms with van der Waals surface area (Å²) in [7, 11) is 0. The first-order chi connectivity index (χ1) is 7.19. The lowest BCUT2D eigenvalue weighted by Gasteiger charge is -2.39. The molecule has 1 heterocycles. The molecule has 1 aliphatic heterocycles. The number of phenolic OH excluding ortho intramolecular Hbond substituents is 1. The number of aromatic hydroxyl groups is 1.